The molecular formula is C15H24BrNO2. The van der Waals surface area contributed by atoms with Crippen LogP contribution in [0.4, 0.5) is 0 Å². The summed E-state index contributed by atoms with van der Waals surface area (Å²) in [6.07, 6.45) is 9.39. The molecule has 0 bridgehead atoms. The first-order valence-electron chi connectivity index (χ1n) is 7.39. The average Bonchev–Trinajstić information content (AvgIpc) is 3.05. The number of rotatable bonds is 8. The molecule has 2 heterocycles. The fourth-order valence-electron chi connectivity index (χ4n) is 2.66. The Balaban J connectivity index is 1.81. The van der Waals surface area contributed by atoms with Crippen LogP contribution in [0, 0.1) is 0 Å². The summed E-state index contributed by atoms with van der Waals surface area (Å²) in [5.41, 5.74) is 1.24. The molecule has 0 radical (unpaired) electrons. The van der Waals surface area contributed by atoms with Gasteiger partial charge < -0.3 is 14.5 Å². The van der Waals surface area contributed by atoms with Gasteiger partial charge in [0, 0.05) is 18.2 Å². The smallest absolute Gasteiger partial charge is 0.173 e. The molecule has 2 atom stereocenters. The third kappa shape index (κ3) is 4.62. The van der Waals surface area contributed by atoms with Crippen molar-refractivity contribution in [1.82, 2.24) is 5.32 Å². The molecule has 2 rings (SSSR count). The van der Waals surface area contributed by atoms with Gasteiger partial charge in [0.15, 0.2) is 4.67 Å². The van der Waals surface area contributed by atoms with E-state index in [-0.39, 0.29) is 0 Å². The quantitative estimate of drug-likeness (QED) is 0.765. The van der Waals surface area contributed by atoms with Crippen molar-refractivity contribution in [3.63, 3.8) is 0 Å². The minimum Gasteiger partial charge on any atom is -0.457 e. The highest BCUT2D eigenvalue weighted by Gasteiger charge is 2.19. The van der Waals surface area contributed by atoms with Gasteiger partial charge in [0.2, 0.25) is 0 Å². The van der Waals surface area contributed by atoms with Crippen LogP contribution in [0.3, 0.4) is 0 Å². The molecule has 0 aliphatic carbocycles. The summed E-state index contributed by atoms with van der Waals surface area (Å²) in [4.78, 5) is 0. The maximum absolute atomic E-state index is 5.68. The van der Waals surface area contributed by atoms with E-state index in [9.17, 15) is 0 Å². The predicted octanol–water partition coefficient (Wildman–Crippen LogP) is 4.43. The normalized spacial score (nSPS) is 20.8. The number of nitrogens with one attached hydrogen (secondary N) is 1. The lowest BCUT2D eigenvalue weighted by atomic mass is 10.0. The minimum absolute atomic E-state index is 0.384. The van der Waals surface area contributed by atoms with E-state index in [0.717, 1.165) is 30.7 Å². The molecule has 19 heavy (non-hydrogen) atoms. The molecule has 0 saturated carbocycles. The Bertz CT molecular complexity index is 361. The molecule has 108 valence electrons. The maximum Gasteiger partial charge on any atom is 0.173 e. The molecule has 1 N–H and O–H groups in total. The molecule has 0 aromatic carbocycles. The van der Waals surface area contributed by atoms with Crippen molar-refractivity contribution in [3.05, 3.63) is 22.6 Å². The molecule has 1 aliphatic heterocycles. The number of ether oxygens (including phenoxy) is 1. The first-order valence-corrected chi connectivity index (χ1v) is 8.18. The number of halogens is 1. The van der Waals surface area contributed by atoms with Gasteiger partial charge in [0.05, 0.1) is 12.4 Å². The highest BCUT2D eigenvalue weighted by Crippen LogP contribution is 2.29. The van der Waals surface area contributed by atoms with Crippen LogP contribution in [-0.2, 0) is 4.74 Å². The maximum atomic E-state index is 5.68. The lowest BCUT2D eigenvalue weighted by Gasteiger charge is -2.18. The van der Waals surface area contributed by atoms with Gasteiger partial charge >= 0.3 is 0 Å². The van der Waals surface area contributed by atoms with Crippen molar-refractivity contribution in [3.8, 4) is 0 Å². The van der Waals surface area contributed by atoms with Crippen molar-refractivity contribution in [2.45, 2.75) is 57.6 Å². The topological polar surface area (TPSA) is 34.4 Å². The second kappa shape index (κ2) is 8.08. The van der Waals surface area contributed by atoms with Crippen molar-refractivity contribution in [2.75, 3.05) is 13.2 Å². The molecule has 2 unspecified atom stereocenters. The van der Waals surface area contributed by atoms with Crippen molar-refractivity contribution < 1.29 is 9.15 Å². The third-order valence-corrected chi connectivity index (χ3v) is 4.35. The third-order valence-electron chi connectivity index (χ3n) is 3.71. The van der Waals surface area contributed by atoms with E-state index < -0.39 is 0 Å². The van der Waals surface area contributed by atoms with Crippen LogP contribution in [-0.4, -0.2) is 19.3 Å². The lowest BCUT2D eigenvalue weighted by Crippen LogP contribution is -2.22. The van der Waals surface area contributed by atoms with Gasteiger partial charge in [0.1, 0.15) is 0 Å². The van der Waals surface area contributed by atoms with Crippen LogP contribution < -0.4 is 5.32 Å². The molecule has 0 amide bonds. The zero-order chi connectivity index (χ0) is 13.5. The van der Waals surface area contributed by atoms with E-state index >= 15 is 0 Å². The average molecular weight is 330 g/mol. The van der Waals surface area contributed by atoms with Crippen LogP contribution in [0.5, 0.6) is 0 Å². The number of furan rings is 1. The monoisotopic (exact) mass is 329 g/mol. The molecule has 1 saturated heterocycles. The van der Waals surface area contributed by atoms with Gasteiger partial charge in [-0.1, -0.05) is 6.92 Å². The highest BCUT2D eigenvalue weighted by molar-refractivity contribution is 9.10. The molecule has 0 spiro atoms. The summed E-state index contributed by atoms with van der Waals surface area (Å²) >= 11 is 3.49. The van der Waals surface area contributed by atoms with Gasteiger partial charge in [-0.15, -0.1) is 0 Å². The van der Waals surface area contributed by atoms with E-state index in [1.54, 1.807) is 6.26 Å². The van der Waals surface area contributed by atoms with Crippen molar-refractivity contribution in [1.29, 1.82) is 0 Å². The Morgan fingerprint density at radius 1 is 1.53 bits per heavy atom. The Kier molecular flexibility index (Phi) is 6.41. The molecular weight excluding hydrogens is 306 g/mol. The van der Waals surface area contributed by atoms with Gasteiger partial charge in [0.25, 0.3) is 0 Å². The number of hydrogen-bond acceptors (Lipinski definition) is 3. The summed E-state index contributed by atoms with van der Waals surface area (Å²) in [5.74, 6) is 0. The van der Waals surface area contributed by atoms with Gasteiger partial charge in [-0.25, -0.2) is 0 Å². The highest BCUT2D eigenvalue weighted by atomic mass is 79.9. The van der Waals surface area contributed by atoms with E-state index in [1.807, 2.05) is 0 Å². The van der Waals surface area contributed by atoms with Gasteiger partial charge in [-0.3, -0.25) is 0 Å². The fraction of sp³-hybridized carbons (Fsp3) is 0.733. The van der Waals surface area contributed by atoms with Crippen molar-refractivity contribution >= 4 is 15.9 Å². The van der Waals surface area contributed by atoms with Crippen LogP contribution in [0.25, 0.3) is 0 Å². The van der Waals surface area contributed by atoms with Crippen LogP contribution in [0.15, 0.2) is 21.4 Å². The summed E-state index contributed by atoms with van der Waals surface area (Å²) < 4.78 is 11.9. The molecule has 1 aromatic rings. The molecule has 1 aliphatic rings. The summed E-state index contributed by atoms with van der Waals surface area (Å²) in [7, 11) is 0. The summed E-state index contributed by atoms with van der Waals surface area (Å²) in [6, 6.07) is 2.44. The Morgan fingerprint density at radius 3 is 3.05 bits per heavy atom. The number of hydrogen-bond donors (Lipinski definition) is 1. The van der Waals surface area contributed by atoms with Gasteiger partial charge in [-0.2, -0.15) is 0 Å². The van der Waals surface area contributed by atoms with E-state index in [2.05, 4.69) is 34.2 Å². The van der Waals surface area contributed by atoms with E-state index in [0.29, 0.717) is 12.1 Å². The zero-order valence-corrected chi connectivity index (χ0v) is 13.2. The largest absolute Gasteiger partial charge is 0.457 e. The van der Waals surface area contributed by atoms with Crippen molar-refractivity contribution in [2.24, 2.45) is 0 Å². The van der Waals surface area contributed by atoms with Gasteiger partial charge in [-0.05, 0) is 67.1 Å². The summed E-state index contributed by atoms with van der Waals surface area (Å²) in [5, 5.41) is 3.61. The zero-order valence-electron chi connectivity index (χ0n) is 11.7. The van der Waals surface area contributed by atoms with Crippen LogP contribution in [0.2, 0.25) is 0 Å². The van der Waals surface area contributed by atoms with Crippen LogP contribution >= 0.6 is 15.9 Å². The first kappa shape index (κ1) is 15.1. The Morgan fingerprint density at radius 2 is 2.42 bits per heavy atom. The Labute approximate surface area is 124 Å². The second-order valence-electron chi connectivity index (χ2n) is 5.22. The van der Waals surface area contributed by atoms with E-state index in [4.69, 9.17) is 9.15 Å². The lowest BCUT2D eigenvalue weighted by molar-refractivity contribution is 0.101. The second-order valence-corrected chi connectivity index (χ2v) is 5.94. The molecule has 1 fully saturated rings. The standard InChI is InChI=1S/C15H24BrNO2/c1-2-9-17-14(13-8-11-19-15(13)16)7-3-5-12-6-4-10-18-12/h8,11-12,14,17H,2-7,9-10H2,1H3. The summed E-state index contributed by atoms with van der Waals surface area (Å²) in [6.45, 7) is 4.19. The predicted molar refractivity (Wildman–Crippen MR) is 80.3 cm³/mol. The first-order chi connectivity index (χ1) is 9.31. The molecule has 1 aromatic heterocycles. The molecule has 3 nitrogen and oxygen atoms in total. The van der Waals surface area contributed by atoms with E-state index in [1.165, 1.54) is 31.2 Å². The Hall–Kier alpha value is -0.320. The SMILES string of the molecule is CCCNC(CCCC1CCCO1)c1ccoc1Br. The van der Waals surface area contributed by atoms with Crippen LogP contribution in [0.1, 0.15) is 57.1 Å². The fourth-order valence-corrected chi connectivity index (χ4v) is 3.18. The molecule has 4 heteroatoms. The minimum atomic E-state index is 0.384.